The van der Waals surface area contributed by atoms with E-state index in [9.17, 15) is 13.2 Å². The van der Waals surface area contributed by atoms with Crippen LogP contribution in [0.2, 0.25) is 0 Å². The molecule has 4 aromatic carbocycles. The van der Waals surface area contributed by atoms with Crippen LogP contribution in [0.4, 0.5) is 5.69 Å². The van der Waals surface area contributed by atoms with E-state index in [0.29, 0.717) is 24.3 Å². The van der Waals surface area contributed by atoms with E-state index in [0.717, 1.165) is 18.7 Å². The number of piperazine rings is 1. The quantitative estimate of drug-likeness (QED) is 0.354. The minimum atomic E-state index is -3.69. The molecule has 0 saturated carbocycles. The molecule has 0 bridgehead atoms. The van der Waals surface area contributed by atoms with E-state index in [2.05, 4.69) is 58.2 Å². The molecular formula is C31H31N3O3S. The summed E-state index contributed by atoms with van der Waals surface area (Å²) in [4.78, 5) is 17.7. The summed E-state index contributed by atoms with van der Waals surface area (Å²) in [6.45, 7) is 4.67. The van der Waals surface area contributed by atoms with Gasteiger partial charge in [-0.15, -0.1) is 0 Å². The Labute approximate surface area is 224 Å². The minimum Gasteiger partial charge on any atom is -0.336 e. The van der Waals surface area contributed by atoms with E-state index in [1.807, 2.05) is 24.0 Å². The Morgan fingerprint density at radius 3 is 1.76 bits per heavy atom. The summed E-state index contributed by atoms with van der Waals surface area (Å²) in [5.74, 6) is -0.0476. The predicted octanol–water partition coefficient (Wildman–Crippen LogP) is 5.34. The van der Waals surface area contributed by atoms with E-state index in [-0.39, 0.29) is 16.8 Å². The van der Waals surface area contributed by atoms with E-state index < -0.39 is 10.0 Å². The van der Waals surface area contributed by atoms with Crippen molar-refractivity contribution in [2.45, 2.75) is 17.9 Å². The van der Waals surface area contributed by atoms with Gasteiger partial charge < -0.3 is 4.90 Å². The molecule has 5 rings (SSSR count). The average molecular weight is 526 g/mol. The molecule has 1 N–H and O–H groups in total. The molecule has 1 saturated heterocycles. The number of anilines is 1. The van der Waals surface area contributed by atoms with Gasteiger partial charge in [0.05, 0.1) is 10.9 Å². The smallest absolute Gasteiger partial charge is 0.261 e. The Bertz CT molecular complexity index is 1430. The van der Waals surface area contributed by atoms with Crippen LogP contribution < -0.4 is 4.72 Å². The van der Waals surface area contributed by atoms with Crippen molar-refractivity contribution in [3.05, 3.63) is 131 Å². The zero-order chi connectivity index (χ0) is 26.5. The van der Waals surface area contributed by atoms with Gasteiger partial charge in [0.2, 0.25) is 0 Å². The number of amides is 1. The largest absolute Gasteiger partial charge is 0.336 e. The molecule has 38 heavy (non-hydrogen) atoms. The number of carbonyl (C=O) groups excluding carboxylic acids is 1. The van der Waals surface area contributed by atoms with Gasteiger partial charge in [-0.05, 0) is 54.4 Å². The number of hydrogen-bond donors (Lipinski definition) is 1. The summed E-state index contributed by atoms with van der Waals surface area (Å²) < 4.78 is 27.9. The Morgan fingerprint density at radius 2 is 1.24 bits per heavy atom. The summed E-state index contributed by atoms with van der Waals surface area (Å²) in [6, 6.07) is 34.4. The van der Waals surface area contributed by atoms with E-state index >= 15 is 0 Å². The Kier molecular flexibility index (Phi) is 7.58. The molecule has 7 heteroatoms. The number of carbonyl (C=O) groups is 1. The molecule has 0 unspecified atom stereocenters. The van der Waals surface area contributed by atoms with Gasteiger partial charge in [-0.1, -0.05) is 78.4 Å². The minimum absolute atomic E-state index is 0.0476. The first-order chi connectivity index (χ1) is 18.4. The zero-order valence-electron chi connectivity index (χ0n) is 21.3. The van der Waals surface area contributed by atoms with Crippen LogP contribution in [0.5, 0.6) is 0 Å². The molecule has 0 aromatic heterocycles. The van der Waals surface area contributed by atoms with Crippen molar-refractivity contribution in [2.75, 3.05) is 30.9 Å². The van der Waals surface area contributed by atoms with Crippen LogP contribution in [0, 0.1) is 6.92 Å². The third-order valence-corrected chi connectivity index (χ3v) is 8.31. The maximum Gasteiger partial charge on any atom is 0.261 e. The van der Waals surface area contributed by atoms with Crippen LogP contribution >= 0.6 is 0 Å². The SMILES string of the molecule is Cc1ccc(S(=O)(=O)Nc2ccc(C(=O)N3CCN(C(c4ccccc4)c4ccccc4)CC3)cc2)cc1. The molecule has 0 radical (unpaired) electrons. The fraction of sp³-hybridized carbons (Fsp3) is 0.194. The van der Waals surface area contributed by atoms with E-state index in [4.69, 9.17) is 0 Å². The molecule has 0 aliphatic carbocycles. The number of benzene rings is 4. The molecule has 194 valence electrons. The number of sulfonamides is 1. The highest BCUT2D eigenvalue weighted by molar-refractivity contribution is 7.92. The van der Waals surface area contributed by atoms with Crippen molar-refractivity contribution in [3.8, 4) is 0 Å². The normalized spacial score (nSPS) is 14.4. The Balaban J connectivity index is 1.24. The van der Waals surface area contributed by atoms with Crippen molar-refractivity contribution in [1.82, 2.24) is 9.80 Å². The third kappa shape index (κ3) is 5.79. The second kappa shape index (κ2) is 11.2. The summed E-state index contributed by atoms with van der Waals surface area (Å²) in [7, 11) is -3.69. The zero-order valence-corrected chi connectivity index (χ0v) is 22.1. The lowest BCUT2D eigenvalue weighted by molar-refractivity contribution is 0.0597. The monoisotopic (exact) mass is 525 g/mol. The first kappa shape index (κ1) is 25.7. The lowest BCUT2D eigenvalue weighted by Gasteiger charge is -2.39. The molecule has 1 fully saturated rings. The van der Waals surface area contributed by atoms with Crippen molar-refractivity contribution < 1.29 is 13.2 Å². The van der Waals surface area contributed by atoms with Crippen molar-refractivity contribution in [1.29, 1.82) is 0 Å². The van der Waals surface area contributed by atoms with Crippen molar-refractivity contribution in [3.63, 3.8) is 0 Å². The molecule has 0 spiro atoms. The predicted molar refractivity (Wildman–Crippen MR) is 151 cm³/mol. The van der Waals surface area contributed by atoms with Gasteiger partial charge in [0.25, 0.3) is 15.9 Å². The van der Waals surface area contributed by atoms with E-state index in [1.54, 1.807) is 48.5 Å². The second-order valence-corrected chi connectivity index (χ2v) is 11.2. The number of rotatable bonds is 7. The average Bonchev–Trinajstić information content (AvgIpc) is 2.95. The second-order valence-electron chi connectivity index (χ2n) is 9.55. The fourth-order valence-corrected chi connectivity index (χ4v) is 5.92. The van der Waals surface area contributed by atoms with Crippen LogP contribution in [0.25, 0.3) is 0 Å². The number of hydrogen-bond acceptors (Lipinski definition) is 4. The third-order valence-electron chi connectivity index (χ3n) is 6.91. The van der Waals surface area contributed by atoms with Gasteiger partial charge in [0, 0.05) is 37.4 Å². The molecule has 1 aliphatic heterocycles. The van der Waals surface area contributed by atoms with Gasteiger partial charge in [0.15, 0.2) is 0 Å². The van der Waals surface area contributed by atoms with Gasteiger partial charge in [-0.25, -0.2) is 8.42 Å². The standard InChI is InChI=1S/C31H31N3O3S/c1-24-12-18-29(19-13-24)38(36,37)32-28-16-14-27(15-17-28)31(35)34-22-20-33(21-23-34)30(25-8-4-2-5-9-25)26-10-6-3-7-11-26/h2-19,30,32H,20-23H2,1H3. The highest BCUT2D eigenvalue weighted by Gasteiger charge is 2.28. The molecule has 1 aliphatic rings. The molecule has 1 heterocycles. The van der Waals surface area contributed by atoms with E-state index in [1.165, 1.54) is 11.1 Å². The lowest BCUT2D eigenvalue weighted by Crippen LogP contribution is -2.49. The van der Waals surface area contributed by atoms with Crippen LogP contribution in [-0.2, 0) is 10.0 Å². The number of nitrogens with zero attached hydrogens (tertiary/aromatic N) is 2. The molecule has 0 atom stereocenters. The lowest BCUT2D eigenvalue weighted by atomic mass is 9.96. The van der Waals surface area contributed by atoms with Crippen LogP contribution in [-0.4, -0.2) is 50.3 Å². The van der Waals surface area contributed by atoms with Gasteiger partial charge in [0.1, 0.15) is 0 Å². The van der Waals surface area contributed by atoms with Crippen molar-refractivity contribution in [2.24, 2.45) is 0 Å². The fourth-order valence-electron chi connectivity index (χ4n) is 4.86. The highest BCUT2D eigenvalue weighted by atomic mass is 32.2. The topological polar surface area (TPSA) is 69.7 Å². The first-order valence-electron chi connectivity index (χ1n) is 12.7. The summed E-state index contributed by atoms with van der Waals surface area (Å²) >= 11 is 0. The Hall–Kier alpha value is -3.94. The number of nitrogens with one attached hydrogen (secondary N) is 1. The summed E-state index contributed by atoms with van der Waals surface area (Å²) in [5.41, 5.74) is 4.42. The van der Waals surface area contributed by atoms with Gasteiger partial charge in [-0.2, -0.15) is 0 Å². The summed E-state index contributed by atoms with van der Waals surface area (Å²) in [5, 5.41) is 0. The maximum absolute atomic E-state index is 13.2. The number of aryl methyl sites for hydroxylation is 1. The molecule has 1 amide bonds. The Morgan fingerprint density at radius 1 is 0.711 bits per heavy atom. The maximum atomic E-state index is 13.2. The van der Waals surface area contributed by atoms with Crippen LogP contribution in [0.15, 0.2) is 114 Å². The van der Waals surface area contributed by atoms with Crippen LogP contribution in [0.1, 0.15) is 33.1 Å². The highest BCUT2D eigenvalue weighted by Crippen LogP contribution is 2.29. The van der Waals surface area contributed by atoms with Gasteiger partial charge in [-0.3, -0.25) is 14.4 Å². The molecule has 4 aromatic rings. The first-order valence-corrected chi connectivity index (χ1v) is 14.2. The summed E-state index contributed by atoms with van der Waals surface area (Å²) in [6.07, 6.45) is 0. The van der Waals surface area contributed by atoms with Crippen molar-refractivity contribution >= 4 is 21.6 Å². The van der Waals surface area contributed by atoms with Gasteiger partial charge >= 0.3 is 0 Å². The molecule has 6 nitrogen and oxygen atoms in total. The molecular weight excluding hydrogens is 494 g/mol. The van der Waals surface area contributed by atoms with Crippen LogP contribution in [0.3, 0.4) is 0 Å².